The van der Waals surface area contributed by atoms with Crippen molar-refractivity contribution in [2.75, 3.05) is 19.6 Å². The number of ether oxygens (including phenoxy) is 1. The lowest BCUT2D eigenvalue weighted by atomic mass is 9.99. The summed E-state index contributed by atoms with van der Waals surface area (Å²) in [5, 5.41) is 3.37. The number of hydrogen-bond acceptors (Lipinski definition) is 6. The fourth-order valence-electron chi connectivity index (χ4n) is 4.64. The van der Waals surface area contributed by atoms with Crippen molar-refractivity contribution in [1.82, 2.24) is 14.4 Å². The molecule has 142 valence electrons. The number of fused-ring (bicyclic) bond motifs is 1. The van der Waals surface area contributed by atoms with Crippen molar-refractivity contribution in [2.24, 2.45) is 0 Å². The van der Waals surface area contributed by atoms with Crippen LogP contribution in [-0.4, -0.2) is 71.3 Å². The van der Waals surface area contributed by atoms with Gasteiger partial charge in [-0.3, -0.25) is 4.79 Å². The molecule has 26 heavy (non-hydrogen) atoms. The molecule has 4 heterocycles. The zero-order valence-corrected chi connectivity index (χ0v) is 15.7. The number of amides is 1. The third-order valence-corrected chi connectivity index (χ3v) is 8.59. The molecule has 1 spiro atoms. The monoisotopic (exact) mass is 381 g/mol. The van der Waals surface area contributed by atoms with Crippen LogP contribution < -0.4 is 0 Å². The summed E-state index contributed by atoms with van der Waals surface area (Å²) in [6.45, 7) is 4.73. The number of nitrogens with zero attached hydrogens (tertiary/aromatic N) is 3. The van der Waals surface area contributed by atoms with Gasteiger partial charge in [0.15, 0.2) is 5.69 Å². The maximum atomic E-state index is 12.9. The molecule has 9 heteroatoms. The first kappa shape index (κ1) is 16.7. The van der Waals surface area contributed by atoms with E-state index >= 15 is 0 Å². The van der Waals surface area contributed by atoms with Gasteiger partial charge in [0, 0.05) is 31.1 Å². The number of hydrogen-bond donors (Lipinski definition) is 0. The van der Waals surface area contributed by atoms with E-state index in [1.165, 1.54) is 4.31 Å². The lowest BCUT2D eigenvalue weighted by molar-refractivity contribution is -0.0989. The second-order valence-corrected chi connectivity index (χ2v) is 10.4. The molecule has 5 rings (SSSR count). The number of carbonyl (C=O) groups is 1. The SMILES string of the molecule is CC(C)N1C[C@@]23CN(C(=O)c4cc(C5CC5)on4)C[C@@H](C[C@@H]2S1(=O)=O)O3. The van der Waals surface area contributed by atoms with Crippen molar-refractivity contribution < 1.29 is 22.5 Å². The molecule has 3 aliphatic heterocycles. The second kappa shape index (κ2) is 5.30. The highest BCUT2D eigenvalue weighted by molar-refractivity contribution is 7.90. The highest BCUT2D eigenvalue weighted by Crippen LogP contribution is 2.47. The van der Waals surface area contributed by atoms with Crippen LogP contribution in [0.2, 0.25) is 0 Å². The molecule has 4 fully saturated rings. The number of aromatic nitrogens is 1. The normalized spacial score (nSPS) is 35.9. The van der Waals surface area contributed by atoms with Gasteiger partial charge >= 0.3 is 0 Å². The van der Waals surface area contributed by atoms with E-state index in [1.54, 1.807) is 11.0 Å². The number of rotatable bonds is 3. The van der Waals surface area contributed by atoms with Crippen LogP contribution in [0.25, 0.3) is 0 Å². The van der Waals surface area contributed by atoms with Crippen LogP contribution in [0.3, 0.4) is 0 Å². The number of morpholine rings is 1. The highest BCUT2D eigenvalue weighted by atomic mass is 32.2. The molecular weight excluding hydrogens is 358 g/mol. The van der Waals surface area contributed by atoms with Crippen molar-refractivity contribution in [3.05, 3.63) is 17.5 Å². The summed E-state index contributed by atoms with van der Waals surface area (Å²) in [5.74, 6) is 0.969. The molecule has 0 aromatic carbocycles. The van der Waals surface area contributed by atoms with Crippen LogP contribution in [0, 0.1) is 0 Å². The summed E-state index contributed by atoms with van der Waals surface area (Å²) in [5.41, 5.74) is -0.521. The van der Waals surface area contributed by atoms with E-state index < -0.39 is 20.9 Å². The average Bonchev–Trinajstić information content (AvgIpc) is 3.20. The topological polar surface area (TPSA) is 93.0 Å². The zero-order valence-electron chi connectivity index (χ0n) is 14.9. The van der Waals surface area contributed by atoms with E-state index in [0.29, 0.717) is 31.1 Å². The number of carbonyl (C=O) groups excluding carboxylic acids is 1. The van der Waals surface area contributed by atoms with Crippen LogP contribution >= 0.6 is 0 Å². The summed E-state index contributed by atoms with van der Waals surface area (Å²) >= 11 is 0. The van der Waals surface area contributed by atoms with Gasteiger partial charge in [-0.2, -0.15) is 4.31 Å². The minimum Gasteiger partial charge on any atom is -0.365 e. The Kier molecular flexibility index (Phi) is 3.40. The molecule has 1 saturated carbocycles. The van der Waals surface area contributed by atoms with Crippen molar-refractivity contribution in [3.8, 4) is 0 Å². The van der Waals surface area contributed by atoms with Crippen molar-refractivity contribution in [1.29, 1.82) is 0 Å². The van der Waals surface area contributed by atoms with Crippen LogP contribution in [0.15, 0.2) is 10.6 Å². The summed E-state index contributed by atoms with van der Waals surface area (Å²) in [6, 6.07) is 1.61. The molecule has 0 radical (unpaired) electrons. The smallest absolute Gasteiger partial charge is 0.276 e. The molecule has 3 saturated heterocycles. The predicted molar refractivity (Wildman–Crippen MR) is 91.2 cm³/mol. The Morgan fingerprint density at radius 2 is 2.12 bits per heavy atom. The Morgan fingerprint density at radius 1 is 1.35 bits per heavy atom. The standard InChI is InChI=1S/C17H23N3O5S/c1-10(2)20-9-17-8-19(7-12(24-17)5-15(17)26(20,22)23)16(21)13-6-14(25-18-13)11-3-4-11/h6,10-12,15H,3-5,7-9H2,1-2H3/t12-,15+,17+/m1/s1. The third kappa shape index (κ3) is 2.30. The first-order valence-corrected chi connectivity index (χ1v) is 10.7. The number of sulfonamides is 1. The van der Waals surface area contributed by atoms with Gasteiger partial charge in [-0.15, -0.1) is 0 Å². The lowest BCUT2D eigenvalue weighted by Gasteiger charge is -2.39. The van der Waals surface area contributed by atoms with E-state index in [-0.39, 0.29) is 24.6 Å². The molecule has 2 bridgehead atoms. The van der Waals surface area contributed by atoms with E-state index in [1.807, 2.05) is 13.8 Å². The third-order valence-electron chi connectivity index (χ3n) is 6.05. The molecule has 1 aromatic heterocycles. The Hall–Kier alpha value is -1.45. The fraction of sp³-hybridized carbons (Fsp3) is 0.765. The summed E-state index contributed by atoms with van der Waals surface area (Å²) in [4.78, 5) is 14.6. The van der Waals surface area contributed by atoms with E-state index in [0.717, 1.165) is 18.6 Å². The fourth-order valence-corrected chi connectivity index (χ4v) is 7.15. The molecule has 1 aliphatic carbocycles. The molecule has 1 amide bonds. The van der Waals surface area contributed by atoms with Gasteiger partial charge in [0.25, 0.3) is 5.91 Å². The van der Waals surface area contributed by atoms with Gasteiger partial charge in [0.1, 0.15) is 16.6 Å². The van der Waals surface area contributed by atoms with Crippen molar-refractivity contribution in [2.45, 2.75) is 62.0 Å². The molecule has 1 aromatic rings. The highest BCUT2D eigenvalue weighted by Gasteiger charge is 2.66. The average molecular weight is 381 g/mol. The Balaban J connectivity index is 1.41. The molecule has 0 N–H and O–H groups in total. The van der Waals surface area contributed by atoms with Gasteiger partial charge in [0.05, 0.1) is 12.6 Å². The zero-order chi connectivity index (χ0) is 18.3. The van der Waals surface area contributed by atoms with Gasteiger partial charge in [-0.05, 0) is 33.1 Å². The van der Waals surface area contributed by atoms with E-state index in [9.17, 15) is 13.2 Å². The van der Waals surface area contributed by atoms with E-state index in [2.05, 4.69) is 5.16 Å². The molecule has 4 aliphatic rings. The Bertz CT molecular complexity index is 862. The largest absolute Gasteiger partial charge is 0.365 e. The molecule has 3 atom stereocenters. The first-order chi connectivity index (χ1) is 12.3. The van der Waals surface area contributed by atoms with Crippen molar-refractivity contribution >= 4 is 15.9 Å². The molecular formula is C17H23N3O5S. The minimum atomic E-state index is -3.40. The summed E-state index contributed by atoms with van der Waals surface area (Å²) in [6.07, 6.45) is 2.37. The minimum absolute atomic E-state index is 0.121. The summed E-state index contributed by atoms with van der Waals surface area (Å²) < 4.78 is 38.8. The molecule has 8 nitrogen and oxygen atoms in total. The van der Waals surface area contributed by atoms with Crippen LogP contribution in [-0.2, 0) is 14.8 Å². The van der Waals surface area contributed by atoms with Crippen LogP contribution in [0.5, 0.6) is 0 Å². The lowest BCUT2D eigenvalue weighted by Crippen LogP contribution is -2.56. The van der Waals surface area contributed by atoms with E-state index in [4.69, 9.17) is 9.26 Å². The Morgan fingerprint density at radius 3 is 2.81 bits per heavy atom. The predicted octanol–water partition coefficient (Wildman–Crippen LogP) is 0.958. The Labute approximate surface area is 152 Å². The number of likely N-dealkylation sites (tertiary alicyclic amines) is 1. The summed E-state index contributed by atoms with van der Waals surface area (Å²) in [7, 11) is -3.40. The van der Waals surface area contributed by atoms with Gasteiger partial charge in [-0.25, -0.2) is 8.42 Å². The van der Waals surface area contributed by atoms with Crippen LogP contribution in [0.1, 0.15) is 55.3 Å². The second-order valence-electron chi connectivity index (χ2n) is 8.29. The molecule has 0 unspecified atom stereocenters. The quantitative estimate of drug-likeness (QED) is 0.774. The van der Waals surface area contributed by atoms with Gasteiger partial charge in [0.2, 0.25) is 10.0 Å². The van der Waals surface area contributed by atoms with Crippen LogP contribution in [0.4, 0.5) is 0 Å². The van der Waals surface area contributed by atoms with Crippen molar-refractivity contribution in [3.63, 3.8) is 0 Å². The van der Waals surface area contributed by atoms with Gasteiger partial charge < -0.3 is 14.2 Å². The first-order valence-electron chi connectivity index (χ1n) is 9.24. The van der Waals surface area contributed by atoms with Gasteiger partial charge in [-0.1, -0.05) is 5.16 Å². The maximum Gasteiger partial charge on any atom is 0.276 e. The maximum absolute atomic E-state index is 12.9.